The summed E-state index contributed by atoms with van der Waals surface area (Å²) < 4.78 is 31.7. The Morgan fingerprint density at radius 1 is 1.23 bits per heavy atom. The van der Waals surface area contributed by atoms with Gasteiger partial charge in [0.15, 0.2) is 17.4 Å². The molecule has 0 radical (unpaired) electrons. The summed E-state index contributed by atoms with van der Waals surface area (Å²) in [6.45, 7) is 1.56. The fourth-order valence-corrected chi connectivity index (χ4v) is 1.80. The molecule has 8 nitrogen and oxygen atoms in total. The van der Waals surface area contributed by atoms with E-state index < -0.39 is 28.2 Å². The van der Waals surface area contributed by atoms with Crippen LogP contribution in [0.3, 0.4) is 0 Å². The number of hydrogen-bond acceptors (Lipinski definition) is 6. The quantitative estimate of drug-likeness (QED) is 0.276. The molecule has 2 aromatic rings. The first-order valence-electron chi connectivity index (χ1n) is 7.26. The minimum Gasteiger partial charge on any atom is -0.447 e. The Hall–Kier alpha value is -3.56. The molecule has 0 atom stereocenters. The predicted octanol–water partition coefficient (Wildman–Crippen LogP) is 3.24. The maximum atomic E-state index is 13.7. The summed E-state index contributed by atoms with van der Waals surface area (Å²) in [7, 11) is 0. The topological polar surface area (TPSA) is 117 Å². The maximum Gasteiger partial charge on any atom is 0.334 e. The van der Waals surface area contributed by atoms with Crippen LogP contribution in [0.5, 0.6) is 11.5 Å². The van der Waals surface area contributed by atoms with Crippen LogP contribution in [0.2, 0.25) is 0 Å². The first kappa shape index (κ1) is 18.8. The van der Waals surface area contributed by atoms with Gasteiger partial charge in [0, 0.05) is 24.1 Å². The summed E-state index contributed by atoms with van der Waals surface area (Å²) >= 11 is 0. The molecule has 0 saturated heterocycles. The van der Waals surface area contributed by atoms with Gasteiger partial charge in [-0.15, -0.1) is 0 Å². The Morgan fingerprint density at radius 2 is 1.92 bits per heavy atom. The average molecular weight is 365 g/mol. The van der Waals surface area contributed by atoms with Crippen molar-refractivity contribution >= 4 is 17.5 Å². The van der Waals surface area contributed by atoms with Gasteiger partial charge < -0.3 is 15.3 Å². The first-order valence-corrected chi connectivity index (χ1v) is 7.26. The zero-order valence-corrected chi connectivity index (χ0v) is 13.4. The lowest BCUT2D eigenvalue weighted by atomic mass is 10.1. The van der Waals surface area contributed by atoms with Gasteiger partial charge in [-0.25, -0.2) is 13.6 Å². The summed E-state index contributed by atoms with van der Waals surface area (Å²) in [5.41, 5.74) is 5.17. The van der Waals surface area contributed by atoms with Crippen LogP contribution in [-0.4, -0.2) is 16.7 Å². The van der Waals surface area contributed by atoms with Crippen molar-refractivity contribution in [2.45, 2.75) is 13.3 Å². The third kappa shape index (κ3) is 4.50. The molecular formula is C16H13F2N3O5. The molecule has 0 aliphatic carbocycles. The van der Waals surface area contributed by atoms with E-state index in [4.69, 9.17) is 10.5 Å². The number of rotatable bonds is 6. The van der Waals surface area contributed by atoms with Crippen LogP contribution in [0, 0.1) is 21.7 Å². The normalized spacial score (nSPS) is 11.1. The van der Waals surface area contributed by atoms with Gasteiger partial charge in [-0.2, -0.15) is 0 Å². The monoisotopic (exact) mass is 365 g/mol. The van der Waals surface area contributed by atoms with Gasteiger partial charge in [-0.1, -0.05) is 12.1 Å². The smallest absolute Gasteiger partial charge is 0.334 e. The summed E-state index contributed by atoms with van der Waals surface area (Å²) in [6.07, 6.45) is 0.0763. The average Bonchev–Trinajstić information content (AvgIpc) is 2.61. The molecule has 0 unspecified atom stereocenters. The molecule has 0 bridgehead atoms. The van der Waals surface area contributed by atoms with Crippen molar-refractivity contribution in [2.24, 2.45) is 10.9 Å². The summed E-state index contributed by atoms with van der Waals surface area (Å²) in [4.78, 5) is 26.0. The Bertz CT molecular complexity index is 886. The molecule has 0 amide bonds. The lowest BCUT2D eigenvalue weighted by Gasteiger charge is -2.08. The number of carbonyl (C=O) groups excluding carboxylic acids is 1. The number of nitrogens with zero attached hydrogens (tertiary/aromatic N) is 2. The van der Waals surface area contributed by atoms with Gasteiger partial charge in [-0.3, -0.25) is 10.1 Å². The number of benzene rings is 2. The van der Waals surface area contributed by atoms with E-state index in [0.29, 0.717) is 6.07 Å². The molecule has 0 aliphatic rings. The number of nitro groups is 1. The van der Waals surface area contributed by atoms with Crippen molar-refractivity contribution in [1.29, 1.82) is 0 Å². The molecule has 2 N–H and O–H groups in total. The highest BCUT2D eigenvalue weighted by molar-refractivity contribution is 5.98. The van der Waals surface area contributed by atoms with E-state index in [0.717, 1.165) is 18.2 Å². The van der Waals surface area contributed by atoms with Gasteiger partial charge in [-0.05, 0) is 24.3 Å². The molecule has 0 fully saturated rings. The van der Waals surface area contributed by atoms with Gasteiger partial charge >= 0.3 is 11.7 Å². The molecular weight excluding hydrogens is 352 g/mol. The molecule has 0 aliphatic heterocycles. The highest BCUT2D eigenvalue weighted by atomic mass is 19.1. The van der Waals surface area contributed by atoms with Crippen LogP contribution >= 0.6 is 0 Å². The Labute approximate surface area is 146 Å². The van der Waals surface area contributed by atoms with E-state index >= 15 is 0 Å². The zero-order valence-electron chi connectivity index (χ0n) is 13.4. The lowest BCUT2D eigenvalue weighted by Crippen LogP contribution is -2.15. The van der Waals surface area contributed by atoms with Gasteiger partial charge in [0.2, 0.25) is 5.75 Å². The van der Waals surface area contributed by atoms with Crippen LogP contribution in [0.25, 0.3) is 0 Å². The third-order valence-electron chi connectivity index (χ3n) is 3.10. The fraction of sp³-hybridized carbons (Fsp3) is 0.125. The van der Waals surface area contributed by atoms with Gasteiger partial charge in [0.05, 0.1) is 4.92 Å². The molecule has 10 heteroatoms. The minimum absolute atomic E-state index is 0.0763. The molecule has 0 spiro atoms. The lowest BCUT2D eigenvalue weighted by molar-refractivity contribution is -0.385. The maximum absolute atomic E-state index is 13.7. The predicted molar refractivity (Wildman–Crippen MR) is 86.6 cm³/mol. The molecule has 2 rings (SSSR count). The summed E-state index contributed by atoms with van der Waals surface area (Å²) in [6, 6.07) is 6.04. The molecule has 0 heterocycles. The highest BCUT2D eigenvalue weighted by Gasteiger charge is 2.19. The third-order valence-corrected chi connectivity index (χ3v) is 3.10. The van der Waals surface area contributed by atoms with Crippen molar-refractivity contribution in [3.8, 4) is 11.5 Å². The van der Waals surface area contributed by atoms with Crippen LogP contribution in [0.15, 0.2) is 41.6 Å². The number of oxime groups is 1. The van der Waals surface area contributed by atoms with Crippen molar-refractivity contribution in [3.63, 3.8) is 0 Å². The van der Waals surface area contributed by atoms with E-state index in [1.165, 1.54) is 12.1 Å². The second-order valence-corrected chi connectivity index (χ2v) is 4.91. The largest absolute Gasteiger partial charge is 0.447 e. The van der Waals surface area contributed by atoms with E-state index in [2.05, 4.69) is 9.99 Å². The number of halogens is 2. The molecule has 136 valence electrons. The highest BCUT2D eigenvalue weighted by Crippen LogP contribution is 2.33. The summed E-state index contributed by atoms with van der Waals surface area (Å²) in [5.74, 6) is -3.41. The number of hydrogen-bond donors (Lipinski definition) is 1. The first-order chi connectivity index (χ1) is 12.3. The molecule has 2 aromatic carbocycles. The van der Waals surface area contributed by atoms with E-state index in [-0.39, 0.29) is 29.3 Å². The van der Waals surface area contributed by atoms with Crippen molar-refractivity contribution in [2.75, 3.05) is 0 Å². The van der Waals surface area contributed by atoms with Crippen LogP contribution in [-0.2, 0) is 9.63 Å². The number of ether oxygens (including phenoxy) is 1. The van der Waals surface area contributed by atoms with Gasteiger partial charge in [0.25, 0.3) is 0 Å². The van der Waals surface area contributed by atoms with E-state index in [9.17, 15) is 23.7 Å². The Kier molecular flexibility index (Phi) is 5.78. The van der Waals surface area contributed by atoms with Crippen LogP contribution in [0.4, 0.5) is 14.5 Å². The van der Waals surface area contributed by atoms with Crippen LogP contribution < -0.4 is 10.5 Å². The molecule has 0 saturated carbocycles. The van der Waals surface area contributed by atoms with Crippen LogP contribution in [0.1, 0.15) is 18.9 Å². The molecule has 0 aromatic heterocycles. The standard InChI is InChI=1S/C16H13F2N3O5/c1-2-15(22)26-20-16(19)9-3-5-14(12(7-9)21(23)24)25-13-6-4-10(17)8-11(13)18/h3-8H,2H2,1H3,(H2,19,20). The second kappa shape index (κ2) is 8.01. The second-order valence-electron chi connectivity index (χ2n) is 4.91. The van der Waals surface area contributed by atoms with E-state index in [1.807, 2.05) is 0 Å². The SMILES string of the molecule is CCC(=O)ON=C(N)c1ccc(Oc2ccc(F)cc2F)c([N+](=O)[O-])c1. The van der Waals surface area contributed by atoms with E-state index in [1.54, 1.807) is 6.92 Å². The summed E-state index contributed by atoms with van der Waals surface area (Å²) in [5, 5.41) is 14.6. The van der Waals surface area contributed by atoms with Crippen molar-refractivity contribution in [1.82, 2.24) is 0 Å². The Balaban J connectivity index is 2.34. The number of carbonyl (C=O) groups is 1. The van der Waals surface area contributed by atoms with Crippen molar-refractivity contribution in [3.05, 3.63) is 63.7 Å². The van der Waals surface area contributed by atoms with Crippen molar-refractivity contribution < 1.29 is 28.1 Å². The zero-order chi connectivity index (χ0) is 19.3. The van der Waals surface area contributed by atoms with Gasteiger partial charge in [0.1, 0.15) is 5.82 Å². The molecule has 26 heavy (non-hydrogen) atoms. The number of amidine groups is 1. The number of nitro benzene ring substituents is 1. The number of nitrogens with two attached hydrogens (primary N) is 1. The fourth-order valence-electron chi connectivity index (χ4n) is 1.80. The minimum atomic E-state index is -1.02. The Morgan fingerprint density at radius 3 is 2.54 bits per heavy atom.